The average molecular weight is 430 g/mol. The summed E-state index contributed by atoms with van der Waals surface area (Å²) in [5.41, 5.74) is 5.46. The smallest absolute Gasteiger partial charge is 0.237 e. The summed E-state index contributed by atoms with van der Waals surface area (Å²) >= 11 is 0. The molecule has 3 heterocycles. The summed E-state index contributed by atoms with van der Waals surface area (Å²) in [5.74, 6) is -1.30. The fourth-order valence-electron chi connectivity index (χ4n) is 3.83. The number of nitrogens with one attached hydrogen (secondary N) is 1. The maximum Gasteiger partial charge on any atom is 0.237 e. The van der Waals surface area contributed by atoms with E-state index >= 15 is 0 Å². The highest BCUT2D eigenvalue weighted by atomic mass is 19.2. The number of hydrogen-bond donors (Lipinski definition) is 2. The second kappa shape index (κ2) is 7.69. The molecule has 10 heteroatoms. The summed E-state index contributed by atoms with van der Waals surface area (Å²) in [6.07, 6.45) is 1.07. The Kier molecular flexibility index (Phi) is 5.18. The molecule has 0 spiro atoms. The van der Waals surface area contributed by atoms with Gasteiger partial charge in [0.2, 0.25) is 5.91 Å². The normalized spacial score (nSPS) is 15.0. The molecule has 162 valence electrons. The highest BCUT2D eigenvalue weighted by Crippen LogP contribution is 2.39. The molecule has 3 N–H and O–H groups in total. The Morgan fingerprint density at radius 3 is 2.58 bits per heavy atom. The lowest BCUT2D eigenvalue weighted by molar-refractivity contribution is -0.137. The quantitative estimate of drug-likeness (QED) is 0.664. The number of amides is 1. The molecule has 2 aromatic heterocycles. The summed E-state index contributed by atoms with van der Waals surface area (Å²) < 4.78 is 42.6. The number of halogens is 3. The van der Waals surface area contributed by atoms with Crippen molar-refractivity contribution in [3.8, 4) is 11.3 Å². The Hall–Kier alpha value is -3.40. The van der Waals surface area contributed by atoms with Crippen LogP contribution in [-0.2, 0) is 16.9 Å². The molecule has 0 radical (unpaired) electrons. The first-order valence-corrected chi connectivity index (χ1v) is 9.68. The molecule has 0 saturated carbocycles. The second-order valence-electron chi connectivity index (χ2n) is 7.71. The van der Waals surface area contributed by atoms with Crippen LogP contribution < -0.4 is 11.1 Å². The number of nitrogens with two attached hydrogens (primary N) is 1. The molecule has 4 rings (SSSR count). The van der Waals surface area contributed by atoms with Crippen molar-refractivity contribution in [2.75, 3.05) is 18.4 Å². The predicted molar refractivity (Wildman–Crippen MR) is 109 cm³/mol. The molecule has 7 nitrogen and oxygen atoms in total. The summed E-state index contributed by atoms with van der Waals surface area (Å²) in [6.45, 7) is 4.33. The van der Waals surface area contributed by atoms with Gasteiger partial charge >= 0.3 is 0 Å². The van der Waals surface area contributed by atoms with E-state index in [0.717, 1.165) is 18.3 Å². The molecule has 1 aliphatic rings. The highest BCUT2D eigenvalue weighted by Gasteiger charge is 2.41. The van der Waals surface area contributed by atoms with Crippen LogP contribution in [0, 0.1) is 17.5 Å². The van der Waals surface area contributed by atoms with Crippen molar-refractivity contribution in [3.05, 3.63) is 59.8 Å². The topological polar surface area (TPSA) is 89.1 Å². The Bertz CT molecular complexity index is 1140. The van der Waals surface area contributed by atoms with E-state index in [9.17, 15) is 18.0 Å². The van der Waals surface area contributed by atoms with Crippen molar-refractivity contribution in [3.63, 3.8) is 0 Å². The van der Waals surface area contributed by atoms with Crippen molar-refractivity contribution in [2.24, 2.45) is 5.73 Å². The van der Waals surface area contributed by atoms with Crippen LogP contribution in [0.1, 0.15) is 19.7 Å². The number of hydrogen-bond acceptors (Lipinski definition) is 5. The fraction of sp³-hybridized carbons (Fsp3) is 0.286. The van der Waals surface area contributed by atoms with Gasteiger partial charge in [-0.2, -0.15) is 0 Å². The van der Waals surface area contributed by atoms with Gasteiger partial charge in [0.15, 0.2) is 11.6 Å². The van der Waals surface area contributed by atoms with Crippen LogP contribution in [0.15, 0.2) is 36.5 Å². The number of nitrogens with zero attached hydrogens (tertiary/aromatic N) is 4. The van der Waals surface area contributed by atoms with Gasteiger partial charge in [-0.25, -0.2) is 23.1 Å². The number of carbonyl (C=O) groups excluding carboxylic acids is 1. The molecule has 1 aliphatic heterocycles. The van der Waals surface area contributed by atoms with E-state index < -0.39 is 23.0 Å². The number of imidazole rings is 1. The molecular formula is C21H21F3N6O. The number of pyridine rings is 1. The monoisotopic (exact) mass is 430 g/mol. The Morgan fingerprint density at radius 1 is 1.16 bits per heavy atom. The van der Waals surface area contributed by atoms with E-state index in [1.807, 2.05) is 18.4 Å². The summed E-state index contributed by atoms with van der Waals surface area (Å²) in [6, 6.07) is 6.22. The van der Waals surface area contributed by atoms with Crippen LogP contribution in [0.4, 0.5) is 24.8 Å². The molecule has 1 aromatic carbocycles. The summed E-state index contributed by atoms with van der Waals surface area (Å²) in [5, 5.41) is 3.11. The fourth-order valence-corrected chi connectivity index (χ4v) is 3.83. The molecule has 3 aromatic rings. The molecule has 0 aliphatic carbocycles. The Morgan fingerprint density at radius 2 is 1.94 bits per heavy atom. The first-order chi connectivity index (χ1) is 14.7. The van der Waals surface area contributed by atoms with E-state index in [4.69, 9.17) is 10.7 Å². The molecule has 0 saturated heterocycles. The molecule has 0 unspecified atom stereocenters. The highest BCUT2D eigenvalue weighted by molar-refractivity contribution is 5.80. The number of rotatable bonds is 4. The van der Waals surface area contributed by atoms with Gasteiger partial charge in [0.1, 0.15) is 29.0 Å². The minimum Gasteiger partial charge on any atom is -0.327 e. The molecular weight excluding hydrogens is 409 g/mol. The van der Waals surface area contributed by atoms with Gasteiger partial charge < -0.3 is 20.5 Å². The van der Waals surface area contributed by atoms with Crippen LogP contribution in [0.5, 0.6) is 0 Å². The summed E-state index contributed by atoms with van der Waals surface area (Å²) in [7, 11) is 0. The molecule has 0 fully saturated rings. The van der Waals surface area contributed by atoms with E-state index in [1.54, 1.807) is 4.90 Å². The zero-order valence-electron chi connectivity index (χ0n) is 17.0. The number of fused-ring (bicyclic) bond motifs is 1. The minimum atomic E-state index is -1.01. The maximum atomic E-state index is 14.0. The number of anilines is 2. The Balaban J connectivity index is 1.88. The molecule has 0 bridgehead atoms. The lowest BCUT2D eigenvalue weighted by atomic mass is 9.99. The van der Waals surface area contributed by atoms with Gasteiger partial charge in [-0.15, -0.1) is 0 Å². The minimum absolute atomic E-state index is 0.134. The van der Waals surface area contributed by atoms with Gasteiger partial charge in [-0.3, -0.25) is 4.79 Å². The van der Waals surface area contributed by atoms with Crippen molar-refractivity contribution in [1.82, 2.24) is 19.4 Å². The van der Waals surface area contributed by atoms with Crippen LogP contribution in [-0.4, -0.2) is 38.4 Å². The number of aromatic nitrogens is 3. The number of benzene rings is 1. The van der Waals surface area contributed by atoms with Gasteiger partial charge in [0.05, 0.1) is 18.3 Å². The standard InChI is InChI=1S/C21H21F3N6O/c1-21(2)20-28-18(12-3-5-14(23)15(24)9-12)19(27-16-6-4-13(22)11-26-16)29(20)7-8-30(21)17(31)10-25/h3-6,9,11H,7-8,10,25H2,1-2H3,(H,26,27). The van der Waals surface area contributed by atoms with Crippen LogP contribution in [0.3, 0.4) is 0 Å². The van der Waals surface area contributed by atoms with E-state index in [1.165, 1.54) is 18.2 Å². The third-order valence-corrected chi connectivity index (χ3v) is 5.38. The van der Waals surface area contributed by atoms with Crippen molar-refractivity contribution in [1.29, 1.82) is 0 Å². The zero-order chi connectivity index (χ0) is 22.3. The largest absolute Gasteiger partial charge is 0.327 e. The first-order valence-electron chi connectivity index (χ1n) is 9.68. The third-order valence-electron chi connectivity index (χ3n) is 5.38. The zero-order valence-corrected chi connectivity index (χ0v) is 17.0. The lowest BCUT2D eigenvalue weighted by Gasteiger charge is -2.42. The van der Waals surface area contributed by atoms with E-state index in [2.05, 4.69) is 10.3 Å². The van der Waals surface area contributed by atoms with Crippen molar-refractivity contribution < 1.29 is 18.0 Å². The number of carbonyl (C=O) groups is 1. The van der Waals surface area contributed by atoms with Crippen LogP contribution >= 0.6 is 0 Å². The van der Waals surface area contributed by atoms with Crippen LogP contribution in [0.2, 0.25) is 0 Å². The first kappa shape index (κ1) is 20.9. The molecule has 1 amide bonds. The predicted octanol–water partition coefficient (Wildman–Crippen LogP) is 3.14. The third kappa shape index (κ3) is 3.63. The van der Waals surface area contributed by atoms with E-state index in [-0.39, 0.29) is 12.5 Å². The van der Waals surface area contributed by atoms with E-state index in [0.29, 0.717) is 41.8 Å². The maximum absolute atomic E-state index is 14.0. The molecule has 31 heavy (non-hydrogen) atoms. The SMILES string of the molecule is CC1(C)c2nc(-c3ccc(F)c(F)c3)c(Nc3ccc(F)cn3)n2CCN1C(=O)CN. The Labute approximate surface area is 176 Å². The second-order valence-corrected chi connectivity index (χ2v) is 7.71. The lowest BCUT2D eigenvalue weighted by Crippen LogP contribution is -2.53. The van der Waals surface area contributed by atoms with Gasteiger partial charge in [-0.1, -0.05) is 0 Å². The average Bonchev–Trinajstić information content (AvgIpc) is 3.11. The van der Waals surface area contributed by atoms with Gasteiger partial charge in [0.25, 0.3) is 0 Å². The van der Waals surface area contributed by atoms with Gasteiger partial charge in [0, 0.05) is 18.7 Å². The van der Waals surface area contributed by atoms with Crippen molar-refractivity contribution >= 4 is 17.5 Å². The van der Waals surface area contributed by atoms with Crippen molar-refractivity contribution in [2.45, 2.75) is 25.9 Å². The van der Waals surface area contributed by atoms with Gasteiger partial charge in [-0.05, 0) is 44.2 Å². The summed E-state index contributed by atoms with van der Waals surface area (Å²) in [4.78, 5) is 22.7. The van der Waals surface area contributed by atoms with Crippen LogP contribution in [0.25, 0.3) is 11.3 Å². The molecule has 0 atom stereocenters.